The van der Waals surface area contributed by atoms with Crippen molar-refractivity contribution >= 4 is 34.0 Å². The number of nitrogens with one attached hydrogen (secondary N) is 1. The number of anilines is 1. The van der Waals surface area contributed by atoms with Crippen LogP contribution in [-0.2, 0) is 10.8 Å². The lowest BCUT2D eigenvalue weighted by Crippen LogP contribution is -2.28. The molecule has 0 aromatic heterocycles. The predicted molar refractivity (Wildman–Crippen MR) is 67.1 cm³/mol. The highest BCUT2D eigenvalue weighted by molar-refractivity contribution is 7.84. The summed E-state index contributed by atoms with van der Waals surface area (Å²) in [6.07, 6.45) is 1.58. The SMILES string of the molecule is CS(=O)CCNC(=O)c1cc(Cl)ccc1N. The van der Waals surface area contributed by atoms with E-state index >= 15 is 0 Å². The number of benzene rings is 1. The number of nitrogen functional groups attached to an aromatic ring is 1. The third-order valence-corrected chi connectivity index (χ3v) is 2.95. The summed E-state index contributed by atoms with van der Waals surface area (Å²) >= 11 is 5.76. The molecule has 0 fully saturated rings. The van der Waals surface area contributed by atoms with Gasteiger partial charge in [-0.25, -0.2) is 0 Å². The Morgan fingerprint density at radius 1 is 1.56 bits per heavy atom. The molecule has 3 N–H and O–H groups in total. The topological polar surface area (TPSA) is 72.2 Å². The molecule has 4 nitrogen and oxygen atoms in total. The van der Waals surface area contributed by atoms with Crippen LogP contribution in [0.2, 0.25) is 5.02 Å². The van der Waals surface area contributed by atoms with Crippen LogP contribution in [0, 0.1) is 0 Å². The minimum atomic E-state index is -0.920. The van der Waals surface area contributed by atoms with E-state index in [2.05, 4.69) is 5.32 Å². The summed E-state index contributed by atoms with van der Waals surface area (Å²) in [5.41, 5.74) is 6.36. The van der Waals surface area contributed by atoms with Gasteiger partial charge < -0.3 is 11.1 Å². The van der Waals surface area contributed by atoms with Crippen molar-refractivity contribution in [1.29, 1.82) is 0 Å². The first-order valence-electron chi connectivity index (χ1n) is 4.64. The number of hydrogen-bond donors (Lipinski definition) is 2. The second-order valence-electron chi connectivity index (χ2n) is 3.26. The maximum atomic E-state index is 11.7. The molecule has 0 aliphatic rings. The Kier molecular flexibility index (Phi) is 4.76. The van der Waals surface area contributed by atoms with Crippen LogP contribution in [0.1, 0.15) is 10.4 Å². The first-order valence-corrected chi connectivity index (χ1v) is 6.74. The van der Waals surface area contributed by atoms with Crippen LogP contribution in [0.5, 0.6) is 0 Å². The van der Waals surface area contributed by atoms with Gasteiger partial charge in [-0.15, -0.1) is 0 Å². The number of amides is 1. The Labute approximate surface area is 102 Å². The Morgan fingerprint density at radius 2 is 2.25 bits per heavy atom. The molecule has 1 unspecified atom stereocenters. The summed E-state index contributed by atoms with van der Waals surface area (Å²) in [5.74, 6) is 0.122. The second kappa shape index (κ2) is 5.86. The quantitative estimate of drug-likeness (QED) is 0.795. The van der Waals surface area contributed by atoms with Gasteiger partial charge in [-0.05, 0) is 18.2 Å². The molecule has 88 valence electrons. The zero-order valence-corrected chi connectivity index (χ0v) is 10.4. The summed E-state index contributed by atoms with van der Waals surface area (Å²) in [6, 6.07) is 4.71. The molecular weight excluding hydrogens is 248 g/mol. The number of halogens is 1. The largest absolute Gasteiger partial charge is 0.398 e. The van der Waals surface area contributed by atoms with Gasteiger partial charge in [-0.2, -0.15) is 0 Å². The number of carbonyl (C=O) groups is 1. The molecule has 16 heavy (non-hydrogen) atoms. The summed E-state index contributed by atoms with van der Waals surface area (Å²) in [5, 5.41) is 3.08. The zero-order chi connectivity index (χ0) is 12.1. The Bertz CT molecular complexity index is 423. The van der Waals surface area contributed by atoms with Crippen LogP contribution < -0.4 is 11.1 Å². The Morgan fingerprint density at radius 3 is 2.88 bits per heavy atom. The van der Waals surface area contributed by atoms with E-state index in [1.54, 1.807) is 18.4 Å². The molecule has 0 aliphatic carbocycles. The van der Waals surface area contributed by atoms with Crippen molar-refractivity contribution in [2.75, 3.05) is 24.3 Å². The molecular formula is C10H13ClN2O2S. The molecule has 0 bridgehead atoms. The van der Waals surface area contributed by atoms with Crippen molar-refractivity contribution in [2.45, 2.75) is 0 Å². The van der Waals surface area contributed by atoms with E-state index in [1.165, 1.54) is 6.07 Å². The van der Waals surface area contributed by atoms with Crippen LogP contribution in [0.25, 0.3) is 0 Å². The van der Waals surface area contributed by atoms with Crippen LogP contribution >= 0.6 is 11.6 Å². The second-order valence-corrected chi connectivity index (χ2v) is 5.26. The Hall–Kier alpha value is -1.07. The predicted octanol–water partition coefficient (Wildman–Crippen LogP) is 1.03. The van der Waals surface area contributed by atoms with E-state index in [0.29, 0.717) is 28.6 Å². The van der Waals surface area contributed by atoms with E-state index < -0.39 is 10.8 Å². The fourth-order valence-corrected chi connectivity index (χ4v) is 1.69. The molecule has 0 spiro atoms. The zero-order valence-electron chi connectivity index (χ0n) is 8.83. The number of hydrogen-bond acceptors (Lipinski definition) is 3. The van der Waals surface area contributed by atoms with E-state index in [4.69, 9.17) is 17.3 Å². The minimum Gasteiger partial charge on any atom is -0.398 e. The summed E-state index contributed by atoms with van der Waals surface area (Å²) in [6.45, 7) is 0.355. The first kappa shape index (κ1) is 13.0. The molecule has 1 amide bonds. The van der Waals surface area contributed by atoms with E-state index in [0.717, 1.165) is 0 Å². The van der Waals surface area contributed by atoms with E-state index in [-0.39, 0.29) is 5.91 Å². The van der Waals surface area contributed by atoms with Crippen molar-refractivity contribution in [3.05, 3.63) is 28.8 Å². The maximum Gasteiger partial charge on any atom is 0.253 e. The van der Waals surface area contributed by atoms with Crippen molar-refractivity contribution < 1.29 is 9.00 Å². The monoisotopic (exact) mass is 260 g/mol. The van der Waals surface area contributed by atoms with Crippen molar-refractivity contribution in [3.8, 4) is 0 Å². The van der Waals surface area contributed by atoms with Gasteiger partial charge in [0.25, 0.3) is 5.91 Å². The Balaban J connectivity index is 2.65. The van der Waals surface area contributed by atoms with Gasteiger partial charge >= 0.3 is 0 Å². The van der Waals surface area contributed by atoms with Gasteiger partial charge in [-0.3, -0.25) is 9.00 Å². The molecule has 6 heteroatoms. The molecule has 1 aromatic carbocycles. The molecule has 1 rings (SSSR count). The van der Waals surface area contributed by atoms with Gasteiger partial charge in [0.15, 0.2) is 0 Å². The lowest BCUT2D eigenvalue weighted by atomic mass is 10.1. The molecule has 1 atom stereocenters. The third kappa shape index (κ3) is 3.83. The van der Waals surface area contributed by atoms with E-state index in [9.17, 15) is 9.00 Å². The maximum absolute atomic E-state index is 11.7. The van der Waals surface area contributed by atoms with Crippen LogP contribution in [0.15, 0.2) is 18.2 Å². The summed E-state index contributed by atoms with van der Waals surface area (Å²) in [7, 11) is -0.920. The van der Waals surface area contributed by atoms with Crippen molar-refractivity contribution in [2.24, 2.45) is 0 Å². The average molecular weight is 261 g/mol. The average Bonchev–Trinajstić information content (AvgIpc) is 2.21. The minimum absolute atomic E-state index is 0.301. The molecule has 0 saturated heterocycles. The van der Waals surface area contributed by atoms with Gasteiger partial charge in [0, 0.05) is 40.1 Å². The molecule has 0 saturated carbocycles. The third-order valence-electron chi connectivity index (χ3n) is 1.94. The number of carbonyl (C=O) groups excluding carboxylic acids is 1. The number of rotatable bonds is 4. The van der Waals surface area contributed by atoms with Gasteiger partial charge in [-0.1, -0.05) is 11.6 Å². The van der Waals surface area contributed by atoms with Crippen molar-refractivity contribution in [3.63, 3.8) is 0 Å². The van der Waals surface area contributed by atoms with E-state index in [1.807, 2.05) is 0 Å². The number of nitrogens with two attached hydrogens (primary N) is 1. The molecule has 0 heterocycles. The smallest absolute Gasteiger partial charge is 0.253 e. The van der Waals surface area contributed by atoms with Gasteiger partial charge in [0.2, 0.25) is 0 Å². The normalized spacial score (nSPS) is 12.1. The van der Waals surface area contributed by atoms with Crippen LogP contribution in [0.3, 0.4) is 0 Å². The van der Waals surface area contributed by atoms with Crippen LogP contribution in [0.4, 0.5) is 5.69 Å². The highest BCUT2D eigenvalue weighted by atomic mass is 35.5. The first-order chi connectivity index (χ1) is 7.50. The summed E-state index contributed by atoms with van der Waals surface area (Å²) in [4.78, 5) is 11.7. The van der Waals surface area contributed by atoms with Crippen molar-refractivity contribution in [1.82, 2.24) is 5.32 Å². The fourth-order valence-electron chi connectivity index (χ4n) is 1.13. The molecule has 0 aliphatic heterocycles. The highest BCUT2D eigenvalue weighted by Gasteiger charge is 2.09. The van der Waals surface area contributed by atoms with Crippen LogP contribution in [-0.4, -0.2) is 28.7 Å². The highest BCUT2D eigenvalue weighted by Crippen LogP contribution is 2.17. The lowest BCUT2D eigenvalue weighted by molar-refractivity contribution is 0.0957. The molecule has 1 aromatic rings. The summed E-state index contributed by atoms with van der Waals surface area (Å²) < 4.78 is 10.8. The standard InChI is InChI=1S/C10H13ClN2O2S/c1-16(15)5-4-13-10(14)8-6-7(11)2-3-9(8)12/h2-3,6H,4-5,12H2,1H3,(H,13,14). The van der Waals surface area contributed by atoms with Gasteiger partial charge in [0.05, 0.1) is 5.56 Å². The van der Waals surface area contributed by atoms with Gasteiger partial charge in [0.1, 0.15) is 0 Å². The lowest BCUT2D eigenvalue weighted by Gasteiger charge is -2.07. The molecule has 0 radical (unpaired) electrons. The fraction of sp³-hybridized carbons (Fsp3) is 0.300.